The standard InChI is InChI=1S/C17H14F3IO3/c1-23-12-8-6-11(7-9-12)15(10-17(18,19)20)24-16(22)13-4-2-3-5-14(13)21/h2-9,15H,10H2,1H3. The molecule has 0 saturated carbocycles. The first-order valence-corrected chi connectivity index (χ1v) is 8.04. The molecule has 0 aromatic heterocycles. The molecule has 7 heteroatoms. The van der Waals surface area contributed by atoms with Crippen LogP contribution in [0.4, 0.5) is 13.2 Å². The van der Waals surface area contributed by atoms with E-state index in [0.29, 0.717) is 9.32 Å². The zero-order valence-electron chi connectivity index (χ0n) is 12.6. The molecule has 1 atom stereocenters. The largest absolute Gasteiger partial charge is 0.497 e. The number of benzene rings is 2. The van der Waals surface area contributed by atoms with Crippen LogP contribution in [0.3, 0.4) is 0 Å². The lowest BCUT2D eigenvalue weighted by Gasteiger charge is -2.20. The van der Waals surface area contributed by atoms with Crippen molar-refractivity contribution in [2.45, 2.75) is 18.7 Å². The fraction of sp³-hybridized carbons (Fsp3) is 0.235. The molecule has 0 aliphatic carbocycles. The van der Waals surface area contributed by atoms with Crippen molar-refractivity contribution in [1.29, 1.82) is 0 Å². The Balaban J connectivity index is 2.25. The number of ether oxygens (including phenoxy) is 2. The molecular weight excluding hydrogens is 436 g/mol. The minimum atomic E-state index is -4.46. The van der Waals surface area contributed by atoms with E-state index >= 15 is 0 Å². The van der Waals surface area contributed by atoms with Crippen LogP contribution in [0, 0.1) is 3.57 Å². The molecule has 0 bridgehead atoms. The molecule has 0 amide bonds. The highest BCUT2D eigenvalue weighted by molar-refractivity contribution is 14.1. The van der Waals surface area contributed by atoms with Crippen LogP contribution >= 0.6 is 22.6 Å². The van der Waals surface area contributed by atoms with Crippen LogP contribution < -0.4 is 4.74 Å². The predicted octanol–water partition coefficient (Wildman–Crippen LogP) is 5.15. The molecule has 0 radical (unpaired) electrons. The average molecular weight is 450 g/mol. The number of hydrogen-bond donors (Lipinski definition) is 0. The molecule has 0 saturated heterocycles. The molecule has 0 spiro atoms. The van der Waals surface area contributed by atoms with Gasteiger partial charge in [0, 0.05) is 3.57 Å². The van der Waals surface area contributed by atoms with E-state index in [1.807, 2.05) is 22.6 Å². The molecule has 0 aliphatic heterocycles. The van der Waals surface area contributed by atoms with Gasteiger partial charge in [0.05, 0.1) is 19.1 Å². The average Bonchev–Trinajstić information content (AvgIpc) is 2.53. The fourth-order valence-corrected chi connectivity index (χ4v) is 2.68. The molecule has 0 fully saturated rings. The molecule has 2 aromatic rings. The highest BCUT2D eigenvalue weighted by Crippen LogP contribution is 2.33. The van der Waals surface area contributed by atoms with Crippen molar-refractivity contribution in [2.24, 2.45) is 0 Å². The molecule has 0 N–H and O–H groups in total. The smallest absolute Gasteiger partial charge is 0.392 e. The number of carbonyl (C=O) groups is 1. The predicted molar refractivity (Wildman–Crippen MR) is 91.0 cm³/mol. The number of alkyl halides is 3. The van der Waals surface area contributed by atoms with E-state index in [0.717, 1.165) is 0 Å². The number of methoxy groups -OCH3 is 1. The van der Waals surface area contributed by atoms with Gasteiger partial charge in [-0.15, -0.1) is 0 Å². The van der Waals surface area contributed by atoms with Crippen molar-refractivity contribution in [3.8, 4) is 5.75 Å². The highest BCUT2D eigenvalue weighted by atomic mass is 127. The number of hydrogen-bond acceptors (Lipinski definition) is 3. The van der Waals surface area contributed by atoms with Gasteiger partial charge in [-0.1, -0.05) is 24.3 Å². The quantitative estimate of drug-likeness (QED) is 0.467. The second kappa shape index (κ2) is 7.87. The first-order valence-electron chi connectivity index (χ1n) is 6.96. The molecule has 2 rings (SSSR count). The van der Waals surface area contributed by atoms with Crippen LogP contribution in [0.1, 0.15) is 28.4 Å². The van der Waals surface area contributed by atoms with Crippen LogP contribution in [0.25, 0.3) is 0 Å². The first-order chi connectivity index (χ1) is 11.3. The Morgan fingerprint density at radius 2 is 1.75 bits per heavy atom. The van der Waals surface area contributed by atoms with E-state index < -0.39 is 24.7 Å². The van der Waals surface area contributed by atoms with E-state index in [2.05, 4.69) is 0 Å². The third-order valence-corrected chi connectivity index (χ3v) is 4.19. The monoisotopic (exact) mass is 450 g/mol. The summed E-state index contributed by atoms with van der Waals surface area (Å²) >= 11 is 1.94. The lowest BCUT2D eigenvalue weighted by molar-refractivity contribution is -0.155. The minimum absolute atomic E-state index is 0.235. The summed E-state index contributed by atoms with van der Waals surface area (Å²) in [6.45, 7) is 0. The van der Waals surface area contributed by atoms with Gasteiger partial charge in [-0.25, -0.2) is 4.79 Å². The third kappa shape index (κ3) is 5.12. The third-order valence-electron chi connectivity index (χ3n) is 3.25. The van der Waals surface area contributed by atoms with Gasteiger partial charge in [0.15, 0.2) is 0 Å². The van der Waals surface area contributed by atoms with Gasteiger partial charge in [-0.2, -0.15) is 13.2 Å². The van der Waals surface area contributed by atoms with Crippen molar-refractivity contribution < 1.29 is 27.4 Å². The number of carbonyl (C=O) groups excluding carboxylic acids is 1. The topological polar surface area (TPSA) is 35.5 Å². The summed E-state index contributed by atoms with van der Waals surface area (Å²) < 4.78 is 49.3. The molecule has 128 valence electrons. The van der Waals surface area contributed by atoms with Crippen LogP contribution in [0.2, 0.25) is 0 Å². The van der Waals surface area contributed by atoms with Gasteiger partial charge in [0.1, 0.15) is 11.9 Å². The lowest BCUT2D eigenvalue weighted by atomic mass is 10.1. The summed E-state index contributed by atoms with van der Waals surface area (Å²) in [6.07, 6.45) is -7.14. The van der Waals surface area contributed by atoms with Crippen LogP contribution in [0.15, 0.2) is 48.5 Å². The number of esters is 1. The maximum absolute atomic E-state index is 12.9. The maximum atomic E-state index is 12.9. The number of halogens is 4. The Bertz CT molecular complexity index is 699. The Hall–Kier alpha value is -1.77. The Morgan fingerprint density at radius 1 is 1.12 bits per heavy atom. The number of rotatable bonds is 5. The molecule has 0 aliphatic rings. The van der Waals surface area contributed by atoms with Crippen molar-refractivity contribution in [2.75, 3.05) is 7.11 Å². The second-order valence-corrected chi connectivity index (χ2v) is 6.13. The van der Waals surface area contributed by atoms with Crippen LogP contribution in [-0.4, -0.2) is 19.3 Å². The Morgan fingerprint density at radius 3 is 2.29 bits per heavy atom. The van der Waals surface area contributed by atoms with E-state index in [4.69, 9.17) is 9.47 Å². The molecule has 0 heterocycles. The summed E-state index contributed by atoms with van der Waals surface area (Å²) in [4.78, 5) is 12.2. The molecule has 2 aromatic carbocycles. The van der Waals surface area contributed by atoms with Crippen molar-refractivity contribution in [1.82, 2.24) is 0 Å². The van der Waals surface area contributed by atoms with E-state index in [-0.39, 0.29) is 11.1 Å². The summed E-state index contributed by atoms with van der Waals surface area (Å²) in [5, 5.41) is 0. The lowest BCUT2D eigenvalue weighted by Crippen LogP contribution is -2.20. The minimum Gasteiger partial charge on any atom is -0.497 e. The first kappa shape index (κ1) is 18.6. The second-order valence-electron chi connectivity index (χ2n) is 4.97. The van der Waals surface area contributed by atoms with E-state index in [1.165, 1.54) is 37.4 Å². The zero-order chi connectivity index (χ0) is 17.7. The van der Waals surface area contributed by atoms with E-state index in [1.54, 1.807) is 18.2 Å². The molecule has 24 heavy (non-hydrogen) atoms. The molecular formula is C17H14F3IO3. The van der Waals surface area contributed by atoms with Gasteiger partial charge < -0.3 is 9.47 Å². The maximum Gasteiger partial charge on any atom is 0.392 e. The Labute approximate surface area is 150 Å². The SMILES string of the molecule is COc1ccc(C(CC(F)(F)F)OC(=O)c2ccccc2I)cc1. The summed E-state index contributed by atoms with van der Waals surface area (Å²) in [6, 6.07) is 12.5. The van der Waals surface area contributed by atoms with Gasteiger partial charge in [0.25, 0.3) is 0 Å². The molecule has 3 nitrogen and oxygen atoms in total. The summed E-state index contributed by atoms with van der Waals surface area (Å²) in [5.41, 5.74) is 0.492. The van der Waals surface area contributed by atoms with Gasteiger partial charge in [-0.05, 0) is 52.4 Å². The normalized spacial score (nSPS) is 12.5. The van der Waals surface area contributed by atoms with Crippen molar-refractivity contribution >= 4 is 28.6 Å². The van der Waals surface area contributed by atoms with Gasteiger partial charge >= 0.3 is 12.1 Å². The zero-order valence-corrected chi connectivity index (χ0v) is 14.8. The fourth-order valence-electron chi connectivity index (χ4n) is 2.08. The summed E-state index contributed by atoms with van der Waals surface area (Å²) in [7, 11) is 1.46. The molecule has 1 unspecified atom stereocenters. The van der Waals surface area contributed by atoms with Crippen LogP contribution in [0.5, 0.6) is 5.75 Å². The highest BCUT2D eigenvalue weighted by Gasteiger charge is 2.35. The van der Waals surface area contributed by atoms with Crippen molar-refractivity contribution in [3.63, 3.8) is 0 Å². The van der Waals surface area contributed by atoms with E-state index in [9.17, 15) is 18.0 Å². The van der Waals surface area contributed by atoms with Gasteiger partial charge in [0.2, 0.25) is 0 Å². The van der Waals surface area contributed by atoms with Gasteiger partial charge in [-0.3, -0.25) is 0 Å². The summed E-state index contributed by atoms with van der Waals surface area (Å²) in [5.74, 6) is -0.279. The Kier molecular flexibility index (Phi) is 6.09. The van der Waals surface area contributed by atoms with Crippen molar-refractivity contribution in [3.05, 3.63) is 63.2 Å². The van der Waals surface area contributed by atoms with Crippen LogP contribution in [-0.2, 0) is 4.74 Å².